The summed E-state index contributed by atoms with van der Waals surface area (Å²) in [6, 6.07) is 6.36. The van der Waals surface area contributed by atoms with Crippen LogP contribution in [-0.2, 0) is 4.74 Å². The van der Waals surface area contributed by atoms with Crippen molar-refractivity contribution in [3.8, 4) is 5.75 Å². The van der Waals surface area contributed by atoms with Gasteiger partial charge in [-0.15, -0.1) is 0 Å². The van der Waals surface area contributed by atoms with E-state index in [0.717, 1.165) is 43.1 Å². The number of aliphatic hydroxyl groups is 1. The summed E-state index contributed by atoms with van der Waals surface area (Å²) in [6.07, 6.45) is 1.49. The van der Waals surface area contributed by atoms with Gasteiger partial charge in [0.25, 0.3) is 0 Å². The fourth-order valence-corrected chi connectivity index (χ4v) is 2.71. The molecule has 0 spiro atoms. The highest BCUT2D eigenvalue weighted by Gasteiger charge is 2.23. The van der Waals surface area contributed by atoms with Crippen LogP contribution >= 0.6 is 0 Å². The van der Waals surface area contributed by atoms with Crippen molar-refractivity contribution >= 4 is 5.69 Å². The molecule has 19 heavy (non-hydrogen) atoms. The maximum atomic E-state index is 10.0. The van der Waals surface area contributed by atoms with Crippen LogP contribution in [0.4, 0.5) is 5.69 Å². The Balaban J connectivity index is 2.32. The minimum absolute atomic E-state index is 0.457. The third kappa shape index (κ3) is 3.01. The number of hydrogen-bond acceptors (Lipinski definition) is 4. The summed E-state index contributed by atoms with van der Waals surface area (Å²) in [7, 11) is 3.72. The Morgan fingerprint density at radius 2 is 2.05 bits per heavy atom. The van der Waals surface area contributed by atoms with Gasteiger partial charge < -0.3 is 19.5 Å². The third-order valence-corrected chi connectivity index (χ3v) is 3.80. The van der Waals surface area contributed by atoms with Crippen molar-refractivity contribution in [2.24, 2.45) is 0 Å². The van der Waals surface area contributed by atoms with Crippen LogP contribution in [0.15, 0.2) is 18.2 Å². The number of benzene rings is 1. The van der Waals surface area contributed by atoms with Gasteiger partial charge in [-0.1, -0.05) is 6.07 Å². The molecule has 4 heteroatoms. The minimum Gasteiger partial charge on any atom is -0.496 e. The van der Waals surface area contributed by atoms with E-state index in [-0.39, 0.29) is 0 Å². The van der Waals surface area contributed by atoms with Crippen molar-refractivity contribution in [2.45, 2.75) is 31.9 Å². The molecule has 1 aromatic rings. The van der Waals surface area contributed by atoms with Crippen LogP contribution in [0.25, 0.3) is 0 Å². The molecule has 0 radical (unpaired) electrons. The first-order valence-corrected chi connectivity index (χ1v) is 6.80. The van der Waals surface area contributed by atoms with E-state index in [2.05, 4.69) is 11.9 Å². The topological polar surface area (TPSA) is 41.9 Å². The molecule has 4 nitrogen and oxygen atoms in total. The minimum atomic E-state index is -0.548. The van der Waals surface area contributed by atoms with Crippen LogP contribution in [0.1, 0.15) is 31.4 Å². The van der Waals surface area contributed by atoms with E-state index in [1.54, 1.807) is 14.0 Å². The second-order valence-corrected chi connectivity index (χ2v) is 5.02. The van der Waals surface area contributed by atoms with Crippen molar-refractivity contribution in [3.05, 3.63) is 23.8 Å². The molecule has 0 amide bonds. The summed E-state index contributed by atoms with van der Waals surface area (Å²) in [5, 5.41) is 10.0. The molecule has 0 aromatic heterocycles. The number of ether oxygens (including phenoxy) is 2. The molecule has 2 rings (SSSR count). The third-order valence-electron chi connectivity index (χ3n) is 3.80. The molecule has 1 N–H and O–H groups in total. The van der Waals surface area contributed by atoms with Gasteiger partial charge in [0, 0.05) is 37.6 Å². The Kier molecular flexibility index (Phi) is 4.66. The maximum absolute atomic E-state index is 10.0. The van der Waals surface area contributed by atoms with Crippen LogP contribution in [0.5, 0.6) is 5.75 Å². The quantitative estimate of drug-likeness (QED) is 0.907. The van der Waals surface area contributed by atoms with Crippen LogP contribution < -0.4 is 9.64 Å². The molecule has 0 bridgehead atoms. The van der Waals surface area contributed by atoms with E-state index >= 15 is 0 Å². The van der Waals surface area contributed by atoms with E-state index < -0.39 is 6.10 Å². The van der Waals surface area contributed by atoms with Gasteiger partial charge in [-0.3, -0.25) is 0 Å². The Morgan fingerprint density at radius 3 is 2.63 bits per heavy atom. The monoisotopic (exact) mass is 265 g/mol. The SMILES string of the molecule is COc1cccc(N(C)C2CCOCC2)c1[C@@H](C)O. The first-order chi connectivity index (χ1) is 9.15. The highest BCUT2D eigenvalue weighted by molar-refractivity contribution is 5.60. The molecule has 1 saturated heterocycles. The first-order valence-electron chi connectivity index (χ1n) is 6.80. The standard InChI is InChI=1S/C15H23NO3/c1-11(17)15-13(5-4-6-14(15)18-3)16(2)12-7-9-19-10-8-12/h4-6,11-12,17H,7-10H2,1-3H3/t11-/m1/s1. The molecular weight excluding hydrogens is 242 g/mol. The summed E-state index contributed by atoms with van der Waals surface area (Å²) in [4.78, 5) is 2.24. The molecular formula is C15H23NO3. The Bertz CT molecular complexity index is 414. The average Bonchev–Trinajstić information content (AvgIpc) is 2.46. The molecule has 106 valence electrons. The van der Waals surface area contributed by atoms with Crippen LogP contribution in [0, 0.1) is 0 Å². The normalized spacial score (nSPS) is 18.1. The smallest absolute Gasteiger partial charge is 0.126 e. The largest absolute Gasteiger partial charge is 0.496 e. The molecule has 1 aliphatic heterocycles. The van der Waals surface area contributed by atoms with Gasteiger partial charge >= 0.3 is 0 Å². The number of methoxy groups -OCH3 is 1. The van der Waals surface area contributed by atoms with Crippen molar-refractivity contribution < 1.29 is 14.6 Å². The van der Waals surface area contributed by atoms with Crippen LogP contribution in [0.3, 0.4) is 0 Å². The lowest BCUT2D eigenvalue weighted by Gasteiger charge is -2.35. The van der Waals surface area contributed by atoms with E-state index in [1.807, 2.05) is 18.2 Å². The van der Waals surface area contributed by atoms with Crippen molar-refractivity contribution in [1.82, 2.24) is 0 Å². The fraction of sp³-hybridized carbons (Fsp3) is 0.600. The molecule has 0 saturated carbocycles. The lowest BCUT2D eigenvalue weighted by atomic mass is 10.0. The molecule has 1 heterocycles. The Hall–Kier alpha value is -1.26. The summed E-state index contributed by atoms with van der Waals surface area (Å²) >= 11 is 0. The second-order valence-electron chi connectivity index (χ2n) is 5.02. The predicted octanol–water partition coefficient (Wildman–Crippen LogP) is 2.36. The predicted molar refractivity (Wildman–Crippen MR) is 75.9 cm³/mol. The Morgan fingerprint density at radius 1 is 1.37 bits per heavy atom. The first kappa shape index (κ1) is 14.2. The Labute approximate surface area is 114 Å². The van der Waals surface area contributed by atoms with Crippen molar-refractivity contribution in [2.75, 3.05) is 32.3 Å². The average molecular weight is 265 g/mol. The molecule has 1 aromatic carbocycles. The highest BCUT2D eigenvalue weighted by Crippen LogP contribution is 2.35. The van der Waals surface area contributed by atoms with Gasteiger partial charge in [0.15, 0.2) is 0 Å². The van der Waals surface area contributed by atoms with Gasteiger partial charge in [-0.25, -0.2) is 0 Å². The maximum Gasteiger partial charge on any atom is 0.126 e. The van der Waals surface area contributed by atoms with Gasteiger partial charge in [0.1, 0.15) is 5.75 Å². The summed E-state index contributed by atoms with van der Waals surface area (Å²) < 4.78 is 10.8. The fourth-order valence-electron chi connectivity index (χ4n) is 2.71. The summed E-state index contributed by atoms with van der Waals surface area (Å²) in [5.41, 5.74) is 1.90. The molecule has 0 aliphatic carbocycles. The number of rotatable bonds is 4. The highest BCUT2D eigenvalue weighted by atomic mass is 16.5. The zero-order valence-corrected chi connectivity index (χ0v) is 11.9. The van der Waals surface area contributed by atoms with Crippen molar-refractivity contribution in [3.63, 3.8) is 0 Å². The van der Waals surface area contributed by atoms with E-state index in [1.165, 1.54) is 0 Å². The van der Waals surface area contributed by atoms with Gasteiger partial charge in [0.05, 0.1) is 13.2 Å². The molecule has 1 fully saturated rings. The number of hydrogen-bond donors (Lipinski definition) is 1. The van der Waals surface area contributed by atoms with Gasteiger partial charge in [-0.05, 0) is 31.9 Å². The van der Waals surface area contributed by atoms with Gasteiger partial charge in [-0.2, -0.15) is 0 Å². The molecule has 0 unspecified atom stereocenters. The summed E-state index contributed by atoms with van der Waals surface area (Å²) in [6.45, 7) is 3.39. The number of anilines is 1. The van der Waals surface area contributed by atoms with E-state index in [4.69, 9.17) is 9.47 Å². The summed E-state index contributed by atoms with van der Waals surface area (Å²) in [5.74, 6) is 0.742. The van der Waals surface area contributed by atoms with Crippen LogP contribution in [0.2, 0.25) is 0 Å². The van der Waals surface area contributed by atoms with Crippen LogP contribution in [-0.4, -0.2) is 38.5 Å². The second kappa shape index (κ2) is 6.26. The molecule has 1 atom stereocenters. The zero-order chi connectivity index (χ0) is 13.8. The number of nitrogens with zero attached hydrogens (tertiary/aromatic N) is 1. The number of aliphatic hydroxyl groups excluding tert-OH is 1. The van der Waals surface area contributed by atoms with Crippen molar-refractivity contribution in [1.29, 1.82) is 0 Å². The lowest BCUT2D eigenvalue weighted by molar-refractivity contribution is 0.0853. The van der Waals surface area contributed by atoms with Gasteiger partial charge in [0.2, 0.25) is 0 Å². The zero-order valence-electron chi connectivity index (χ0n) is 11.9. The van der Waals surface area contributed by atoms with E-state index in [0.29, 0.717) is 6.04 Å². The molecule has 1 aliphatic rings. The van der Waals surface area contributed by atoms with E-state index in [9.17, 15) is 5.11 Å². The lowest BCUT2D eigenvalue weighted by Crippen LogP contribution is -2.37.